The molecule has 0 bridgehead atoms. The molecule has 0 aromatic heterocycles. The quantitative estimate of drug-likeness (QED) is 0.140. The molecule has 5 rings (SSSR count). The highest BCUT2D eigenvalue weighted by Crippen LogP contribution is 2.24. The zero-order valence-corrected chi connectivity index (χ0v) is 36.4. The second-order valence-electron chi connectivity index (χ2n) is 17.9. The Bertz CT molecular complexity index is 1350. The van der Waals surface area contributed by atoms with Gasteiger partial charge in [0.15, 0.2) is 0 Å². The lowest BCUT2D eigenvalue weighted by molar-refractivity contribution is 0.0382. The third kappa shape index (κ3) is 22.6. The monoisotopic (exact) mass is 746 g/mol. The van der Waals surface area contributed by atoms with E-state index < -0.39 is 0 Å². The highest BCUT2D eigenvalue weighted by atomic mass is 16.5. The molecule has 0 amide bonds. The van der Waals surface area contributed by atoms with Crippen LogP contribution in [0.25, 0.3) is 0 Å². The predicted octanol–water partition coefficient (Wildman–Crippen LogP) is 8.65. The van der Waals surface area contributed by atoms with Gasteiger partial charge in [0.05, 0.1) is 20.3 Å². The molecule has 1 aliphatic carbocycles. The highest BCUT2D eigenvalue weighted by molar-refractivity contribution is 5.33. The number of benzene rings is 3. The Hall–Kier alpha value is -2.78. The first-order valence-electron chi connectivity index (χ1n) is 20.5. The molecule has 1 fully saturated rings. The van der Waals surface area contributed by atoms with E-state index in [4.69, 9.17) is 9.47 Å². The van der Waals surface area contributed by atoms with E-state index in [1.54, 1.807) is 7.11 Å². The van der Waals surface area contributed by atoms with Gasteiger partial charge in [-0.2, -0.15) is 0 Å². The van der Waals surface area contributed by atoms with Crippen LogP contribution >= 0.6 is 0 Å². The summed E-state index contributed by atoms with van der Waals surface area (Å²) in [5.41, 5.74) is 6.50. The van der Waals surface area contributed by atoms with Gasteiger partial charge in [-0.25, -0.2) is 0 Å². The number of hydrogen-bond donors (Lipinski definition) is 4. The number of nitrogens with one attached hydrogen (secondary N) is 4. The van der Waals surface area contributed by atoms with Crippen LogP contribution in [0.2, 0.25) is 0 Å². The second-order valence-corrected chi connectivity index (χ2v) is 17.9. The number of nitrogens with zero attached hydrogens (tertiary/aromatic N) is 1. The van der Waals surface area contributed by atoms with Crippen molar-refractivity contribution in [2.24, 2.45) is 5.41 Å². The van der Waals surface area contributed by atoms with Crippen LogP contribution in [-0.2, 0) is 30.7 Å². The van der Waals surface area contributed by atoms with Gasteiger partial charge in [-0.05, 0) is 93.7 Å². The minimum absolute atomic E-state index is 0.167. The van der Waals surface area contributed by atoms with Gasteiger partial charge in [0, 0.05) is 69.0 Å². The van der Waals surface area contributed by atoms with E-state index in [2.05, 4.69) is 163 Å². The Morgan fingerprint density at radius 1 is 0.759 bits per heavy atom. The summed E-state index contributed by atoms with van der Waals surface area (Å²) >= 11 is 0. The lowest BCUT2D eigenvalue weighted by Gasteiger charge is -2.28. The van der Waals surface area contributed by atoms with Crippen molar-refractivity contribution in [1.29, 1.82) is 0 Å². The van der Waals surface area contributed by atoms with Crippen molar-refractivity contribution in [2.75, 3.05) is 53.0 Å². The summed E-state index contributed by atoms with van der Waals surface area (Å²) in [5.74, 6) is 0.907. The predicted molar refractivity (Wildman–Crippen MR) is 233 cm³/mol. The van der Waals surface area contributed by atoms with Crippen molar-refractivity contribution in [3.05, 3.63) is 101 Å². The average molecular weight is 746 g/mol. The van der Waals surface area contributed by atoms with Crippen molar-refractivity contribution >= 4 is 0 Å². The van der Waals surface area contributed by atoms with E-state index in [0.717, 1.165) is 64.8 Å². The van der Waals surface area contributed by atoms with Crippen LogP contribution in [0.5, 0.6) is 5.75 Å². The van der Waals surface area contributed by atoms with Crippen molar-refractivity contribution < 1.29 is 9.47 Å². The first-order chi connectivity index (χ1) is 25.5. The number of fused-ring (bicyclic) bond motifs is 1. The number of ether oxygens (including phenoxy) is 2. The second kappa shape index (κ2) is 24.7. The van der Waals surface area contributed by atoms with Crippen molar-refractivity contribution in [3.8, 4) is 5.75 Å². The molecule has 0 radical (unpaired) electrons. The molecular formula is C47H79N5O2. The number of rotatable bonds is 13. The van der Waals surface area contributed by atoms with Gasteiger partial charge in [0.2, 0.25) is 0 Å². The van der Waals surface area contributed by atoms with E-state index in [1.165, 1.54) is 41.5 Å². The molecule has 7 heteroatoms. The summed E-state index contributed by atoms with van der Waals surface area (Å²) in [6, 6.07) is 28.7. The minimum atomic E-state index is 0.167. The maximum atomic E-state index is 5.27. The molecule has 7 nitrogen and oxygen atoms in total. The van der Waals surface area contributed by atoms with Gasteiger partial charge >= 0.3 is 0 Å². The van der Waals surface area contributed by atoms with Gasteiger partial charge in [0.25, 0.3) is 0 Å². The Kier molecular flexibility index (Phi) is 21.6. The number of hydrogen-bond acceptors (Lipinski definition) is 7. The fourth-order valence-electron chi connectivity index (χ4n) is 5.94. The van der Waals surface area contributed by atoms with E-state index >= 15 is 0 Å². The summed E-state index contributed by atoms with van der Waals surface area (Å²) < 4.78 is 10.4. The van der Waals surface area contributed by atoms with Crippen LogP contribution in [0.1, 0.15) is 105 Å². The van der Waals surface area contributed by atoms with Crippen molar-refractivity contribution in [3.63, 3.8) is 0 Å². The minimum Gasteiger partial charge on any atom is -0.497 e. The molecule has 4 N–H and O–H groups in total. The van der Waals surface area contributed by atoms with Crippen LogP contribution in [0.3, 0.4) is 0 Å². The summed E-state index contributed by atoms with van der Waals surface area (Å²) in [6.07, 6.45) is 3.57. The summed E-state index contributed by atoms with van der Waals surface area (Å²) in [5, 5.41) is 14.0. The molecule has 1 aliphatic heterocycles. The van der Waals surface area contributed by atoms with Gasteiger partial charge in [-0.1, -0.05) is 108 Å². The molecule has 0 saturated carbocycles. The standard InChI is InChI=1S/C14H21N.C12H19NO.C12H19N.C9H20N2O/c1-4-14(2,3)15-13-9-11-7-5-6-8-12(11)10-13;1-12(2,3)13-9-10-5-7-11(14-4)8-6-10;1-12(2,3)10-13-9-11-7-5-4-6-8-11;1-9(2)10-3-4-11-5-7-12-8-6-11/h5-8,13,15H,4,9-10H2,1-3H3;5-8,13H,9H2,1-4H3;4-8,13H,9-10H2,1-3H3;9-10H,3-8H2,1-2H3. The fraction of sp³-hybridized carbons (Fsp3) is 0.617. The topological polar surface area (TPSA) is 69.8 Å². The summed E-state index contributed by atoms with van der Waals surface area (Å²) in [4.78, 5) is 2.44. The first kappa shape index (κ1) is 47.4. The van der Waals surface area contributed by atoms with Crippen LogP contribution < -0.4 is 26.0 Å². The van der Waals surface area contributed by atoms with Crippen LogP contribution in [0, 0.1) is 5.41 Å². The molecular weight excluding hydrogens is 667 g/mol. The average Bonchev–Trinajstić information content (AvgIpc) is 3.53. The Balaban J connectivity index is 0.000000250. The lowest BCUT2D eigenvalue weighted by Crippen LogP contribution is -2.45. The third-order valence-electron chi connectivity index (χ3n) is 9.42. The largest absolute Gasteiger partial charge is 0.497 e. The van der Waals surface area contributed by atoms with E-state index in [0.29, 0.717) is 17.5 Å². The van der Waals surface area contributed by atoms with Gasteiger partial charge < -0.3 is 30.7 Å². The molecule has 54 heavy (non-hydrogen) atoms. The van der Waals surface area contributed by atoms with Crippen LogP contribution in [0.15, 0.2) is 78.9 Å². The molecule has 0 unspecified atom stereocenters. The smallest absolute Gasteiger partial charge is 0.118 e. The molecule has 3 aromatic rings. The van der Waals surface area contributed by atoms with E-state index in [-0.39, 0.29) is 11.1 Å². The van der Waals surface area contributed by atoms with Crippen LogP contribution in [0.4, 0.5) is 0 Å². The molecule has 304 valence electrons. The van der Waals surface area contributed by atoms with Crippen molar-refractivity contribution in [1.82, 2.24) is 26.2 Å². The maximum absolute atomic E-state index is 5.27. The molecule has 0 spiro atoms. The normalized spacial score (nSPS) is 14.9. The Morgan fingerprint density at radius 3 is 1.81 bits per heavy atom. The lowest BCUT2D eigenvalue weighted by atomic mass is 9.97. The van der Waals surface area contributed by atoms with Crippen molar-refractivity contribution in [2.45, 2.75) is 132 Å². The van der Waals surface area contributed by atoms with E-state index in [9.17, 15) is 0 Å². The van der Waals surface area contributed by atoms with Gasteiger partial charge in [0.1, 0.15) is 5.75 Å². The molecule has 3 aromatic carbocycles. The molecule has 1 saturated heterocycles. The zero-order valence-electron chi connectivity index (χ0n) is 36.4. The Labute approximate surface area is 331 Å². The SMILES string of the molecule is CC(C)(C)CNCc1ccccc1.CC(C)NCCN1CCOCC1.CCC(C)(C)NC1Cc2ccccc2C1.COc1ccc(CNC(C)(C)C)cc1. The number of morpholine rings is 1. The molecule has 2 aliphatic rings. The summed E-state index contributed by atoms with van der Waals surface area (Å²) in [6.45, 7) is 33.6. The van der Waals surface area contributed by atoms with Gasteiger partial charge in [-0.3, -0.25) is 4.90 Å². The molecule has 1 heterocycles. The maximum Gasteiger partial charge on any atom is 0.118 e. The first-order valence-corrected chi connectivity index (χ1v) is 20.5. The zero-order chi connectivity index (χ0) is 40.0. The number of methoxy groups -OCH3 is 1. The summed E-state index contributed by atoms with van der Waals surface area (Å²) in [7, 11) is 1.68. The van der Waals surface area contributed by atoms with E-state index in [1.807, 2.05) is 18.2 Å². The Morgan fingerprint density at radius 2 is 1.31 bits per heavy atom. The molecule has 0 atom stereocenters. The fourth-order valence-corrected chi connectivity index (χ4v) is 5.94. The third-order valence-corrected chi connectivity index (χ3v) is 9.42. The van der Waals surface area contributed by atoms with Gasteiger partial charge in [-0.15, -0.1) is 0 Å². The van der Waals surface area contributed by atoms with Crippen LogP contribution in [-0.4, -0.2) is 81.1 Å². The highest BCUT2D eigenvalue weighted by Gasteiger charge is 2.25.